The third-order valence-corrected chi connectivity index (χ3v) is 3.09. The van der Waals surface area contributed by atoms with Gasteiger partial charge in [-0.3, -0.25) is 4.40 Å². The Kier molecular flexibility index (Phi) is 2.41. The minimum atomic E-state index is 0.393. The average molecular weight is 246 g/mol. The molecular formula is C11H10N4OS. The molecule has 3 rings (SSSR count). The number of imidazole rings is 1. The van der Waals surface area contributed by atoms with Crippen molar-refractivity contribution < 1.29 is 4.74 Å². The summed E-state index contributed by atoms with van der Waals surface area (Å²) in [6.45, 7) is 0.393. The molecule has 2 N–H and O–H groups in total. The van der Waals surface area contributed by atoms with Crippen LogP contribution in [0.5, 0.6) is 5.75 Å². The first-order valence-corrected chi connectivity index (χ1v) is 5.95. The molecule has 0 aliphatic carbocycles. The number of pyridine rings is 1. The van der Waals surface area contributed by atoms with Gasteiger partial charge in [-0.25, -0.2) is 9.97 Å². The lowest BCUT2D eigenvalue weighted by molar-refractivity contribution is 0.303. The molecule has 3 heterocycles. The minimum absolute atomic E-state index is 0.393. The number of ether oxygens (including phenoxy) is 1. The second kappa shape index (κ2) is 4.06. The molecule has 0 aliphatic rings. The predicted molar refractivity (Wildman–Crippen MR) is 66.1 cm³/mol. The second-order valence-corrected chi connectivity index (χ2v) is 4.37. The summed E-state index contributed by atoms with van der Waals surface area (Å²) in [7, 11) is 0. The molecular weight excluding hydrogens is 236 g/mol. The zero-order valence-electron chi connectivity index (χ0n) is 8.91. The third-order valence-electron chi connectivity index (χ3n) is 2.32. The Morgan fingerprint density at radius 2 is 2.41 bits per heavy atom. The van der Waals surface area contributed by atoms with Crippen LogP contribution in [0.25, 0.3) is 4.96 Å². The molecule has 17 heavy (non-hydrogen) atoms. The number of hydrogen-bond donors (Lipinski definition) is 1. The van der Waals surface area contributed by atoms with Crippen molar-refractivity contribution >= 4 is 22.1 Å². The maximum atomic E-state index is 5.68. The van der Waals surface area contributed by atoms with E-state index in [-0.39, 0.29) is 0 Å². The lowest BCUT2D eigenvalue weighted by Gasteiger charge is -2.05. The molecule has 0 unspecified atom stereocenters. The third kappa shape index (κ3) is 1.94. The highest BCUT2D eigenvalue weighted by Crippen LogP contribution is 2.19. The summed E-state index contributed by atoms with van der Waals surface area (Å²) in [4.78, 5) is 9.33. The smallest absolute Gasteiger partial charge is 0.193 e. The van der Waals surface area contributed by atoms with Crippen LogP contribution >= 0.6 is 11.3 Å². The Morgan fingerprint density at radius 3 is 3.24 bits per heavy atom. The number of nitrogen functional groups attached to an aromatic ring is 1. The van der Waals surface area contributed by atoms with Crippen LogP contribution < -0.4 is 10.5 Å². The number of nitrogens with two attached hydrogens (primary N) is 1. The predicted octanol–water partition coefficient (Wildman–Crippen LogP) is 1.95. The molecule has 0 spiro atoms. The van der Waals surface area contributed by atoms with Gasteiger partial charge < -0.3 is 10.5 Å². The van der Waals surface area contributed by atoms with E-state index in [1.165, 1.54) is 0 Å². The van der Waals surface area contributed by atoms with E-state index in [1.54, 1.807) is 29.7 Å². The summed E-state index contributed by atoms with van der Waals surface area (Å²) in [6.07, 6.45) is 5.54. The van der Waals surface area contributed by atoms with Gasteiger partial charge >= 0.3 is 0 Å². The number of anilines is 1. The van der Waals surface area contributed by atoms with Crippen molar-refractivity contribution in [2.24, 2.45) is 0 Å². The van der Waals surface area contributed by atoms with Gasteiger partial charge in [0.25, 0.3) is 0 Å². The van der Waals surface area contributed by atoms with Crippen LogP contribution in [0.15, 0.2) is 36.1 Å². The molecule has 0 aromatic carbocycles. The van der Waals surface area contributed by atoms with E-state index in [0.29, 0.717) is 18.2 Å². The van der Waals surface area contributed by atoms with Crippen LogP contribution in [0.1, 0.15) is 5.69 Å². The minimum Gasteiger partial charge on any atom is -0.483 e. The normalized spacial score (nSPS) is 10.8. The molecule has 86 valence electrons. The van der Waals surface area contributed by atoms with E-state index in [2.05, 4.69) is 9.97 Å². The van der Waals surface area contributed by atoms with E-state index >= 15 is 0 Å². The Balaban J connectivity index is 1.76. The Morgan fingerprint density at radius 1 is 1.47 bits per heavy atom. The Bertz CT molecular complexity index is 617. The summed E-state index contributed by atoms with van der Waals surface area (Å²) in [5, 5.41) is 1.99. The zero-order chi connectivity index (χ0) is 11.7. The monoisotopic (exact) mass is 246 g/mol. The van der Waals surface area contributed by atoms with Crippen molar-refractivity contribution in [3.63, 3.8) is 0 Å². The lowest BCUT2D eigenvalue weighted by Crippen LogP contribution is -2.00. The first kappa shape index (κ1) is 10.1. The molecule has 0 saturated carbocycles. The number of rotatable bonds is 3. The second-order valence-electron chi connectivity index (χ2n) is 3.50. The number of hydrogen-bond acceptors (Lipinski definition) is 5. The molecule has 0 amide bonds. The highest BCUT2D eigenvalue weighted by molar-refractivity contribution is 7.15. The molecule has 3 aromatic rings. The van der Waals surface area contributed by atoms with Gasteiger partial charge in [0, 0.05) is 24.0 Å². The van der Waals surface area contributed by atoms with Gasteiger partial charge in [-0.1, -0.05) is 0 Å². The van der Waals surface area contributed by atoms with Crippen LogP contribution in [0.2, 0.25) is 0 Å². The number of nitrogens with zero attached hydrogens (tertiary/aromatic N) is 3. The standard InChI is InChI=1S/C11H10N4OS/c12-10-9(2-1-3-13-10)16-7-8-6-15-4-5-17-11(15)14-8/h1-6H,7H2,(H2,12,13). The zero-order valence-corrected chi connectivity index (χ0v) is 9.72. The number of aromatic nitrogens is 3. The van der Waals surface area contributed by atoms with Crippen LogP contribution in [0.3, 0.4) is 0 Å². The fourth-order valence-electron chi connectivity index (χ4n) is 1.52. The maximum absolute atomic E-state index is 5.68. The van der Waals surface area contributed by atoms with Crippen molar-refractivity contribution in [2.45, 2.75) is 6.61 Å². The van der Waals surface area contributed by atoms with Crippen LogP contribution in [0, 0.1) is 0 Å². The Hall–Kier alpha value is -2.08. The van der Waals surface area contributed by atoms with Crippen LogP contribution in [-0.2, 0) is 6.61 Å². The molecule has 0 fully saturated rings. The van der Waals surface area contributed by atoms with Crippen molar-refractivity contribution in [2.75, 3.05) is 5.73 Å². The van der Waals surface area contributed by atoms with Crippen molar-refractivity contribution in [3.8, 4) is 5.75 Å². The molecule has 3 aromatic heterocycles. The van der Waals surface area contributed by atoms with E-state index in [9.17, 15) is 0 Å². The largest absolute Gasteiger partial charge is 0.483 e. The first-order chi connectivity index (χ1) is 8.33. The van der Waals surface area contributed by atoms with Gasteiger partial charge in [0.05, 0.1) is 5.69 Å². The lowest BCUT2D eigenvalue weighted by atomic mass is 10.4. The summed E-state index contributed by atoms with van der Waals surface area (Å²) in [6, 6.07) is 3.58. The number of fused-ring (bicyclic) bond motifs is 1. The van der Waals surface area contributed by atoms with E-state index in [4.69, 9.17) is 10.5 Å². The van der Waals surface area contributed by atoms with Gasteiger partial charge in [-0.15, -0.1) is 11.3 Å². The van der Waals surface area contributed by atoms with Crippen LogP contribution in [-0.4, -0.2) is 14.4 Å². The summed E-state index contributed by atoms with van der Waals surface area (Å²) in [5.41, 5.74) is 6.56. The van der Waals surface area contributed by atoms with Gasteiger partial charge in [0.15, 0.2) is 16.5 Å². The summed E-state index contributed by atoms with van der Waals surface area (Å²) >= 11 is 1.59. The highest BCUT2D eigenvalue weighted by Gasteiger charge is 2.05. The molecule has 0 radical (unpaired) electrons. The van der Waals surface area contributed by atoms with E-state index in [1.807, 2.05) is 22.2 Å². The summed E-state index contributed by atoms with van der Waals surface area (Å²) < 4.78 is 7.53. The average Bonchev–Trinajstić information content (AvgIpc) is 2.88. The molecule has 0 aliphatic heterocycles. The number of thiazole rings is 1. The van der Waals surface area contributed by atoms with Crippen LogP contribution in [0.4, 0.5) is 5.82 Å². The van der Waals surface area contributed by atoms with Crippen molar-refractivity contribution in [3.05, 3.63) is 41.8 Å². The topological polar surface area (TPSA) is 65.4 Å². The quantitative estimate of drug-likeness (QED) is 0.767. The van der Waals surface area contributed by atoms with E-state index < -0.39 is 0 Å². The van der Waals surface area contributed by atoms with Gasteiger partial charge in [0.1, 0.15) is 6.61 Å². The summed E-state index contributed by atoms with van der Waals surface area (Å²) in [5.74, 6) is 0.984. The molecule has 5 nitrogen and oxygen atoms in total. The van der Waals surface area contributed by atoms with Gasteiger partial charge in [0.2, 0.25) is 0 Å². The van der Waals surface area contributed by atoms with Crippen molar-refractivity contribution in [1.29, 1.82) is 0 Å². The molecule has 0 saturated heterocycles. The fraction of sp³-hybridized carbons (Fsp3) is 0.0909. The molecule has 6 heteroatoms. The SMILES string of the molecule is Nc1ncccc1OCc1cn2ccsc2n1. The molecule has 0 bridgehead atoms. The first-order valence-electron chi connectivity index (χ1n) is 5.07. The van der Waals surface area contributed by atoms with Crippen molar-refractivity contribution in [1.82, 2.24) is 14.4 Å². The maximum Gasteiger partial charge on any atom is 0.193 e. The fourth-order valence-corrected chi connectivity index (χ4v) is 2.24. The van der Waals surface area contributed by atoms with Gasteiger partial charge in [-0.05, 0) is 12.1 Å². The Labute approximate surface area is 102 Å². The van der Waals surface area contributed by atoms with E-state index in [0.717, 1.165) is 10.7 Å². The van der Waals surface area contributed by atoms with Gasteiger partial charge in [-0.2, -0.15) is 0 Å². The highest BCUT2D eigenvalue weighted by atomic mass is 32.1. The molecule has 0 atom stereocenters.